The summed E-state index contributed by atoms with van der Waals surface area (Å²) in [5.41, 5.74) is 0.756. The molecule has 0 bridgehead atoms. The number of hydrogen-bond donors (Lipinski definition) is 1. The molecular weight excluding hydrogens is 433 g/mol. The minimum Gasteiger partial charge on any atom is -0.344 e. The standard InChI is InChI=1S/C17H18BrF3N2O2S/c18-13-7-15-11(6-14(13)19)12(8-23(15)9-2-1-3-9)16(17(20)21)22-26(24,25)10-4-5-10/h6-10,16-17,22H,1-5H2. The Labute approximate surface area is 157 Å². The third kappa shape index (κ3) is 3.18. The van der Waals surface area contributed by atoms with Crippen molar-refractivity contribution in [2.24, 2.45) is 0 Å². The average molecular weight is 451 g/mol. The lowest BCUT2D eigenvalue weighted by atomic mass is 9.93. The number of sulfonamides is 1. The number of nitrogens with zero attached hydrogens (tertiary/aromatic N) is 1. The van der Waals surface area contributed by atoms with Gasteiger partial charge in [0.25, 0.3) is 6.43 Å². The smallest absolute Gasteiger partial charge is 0.258 e. The van der Waals surface area contributed by atoms with Crippen molar-refractivity contribution < 1.29 is 21.6 Å². The molecule has 1 aromatic heterocycles. The van der Waals surface area contributed by atoms with Crippen LogP contribution < -0.4 is 4.72 Å². The maximum absolute atomic E-state index is 14.1. The first kappa shape index (κ1) is 18.3. The fourth-order valence-corrected chi connectivity index (χ4v) is 5.25. The van der Waals surface area contributed by atoms with Crippen molar-refractivity contribution in [1.82, 2.24) is 9.29 Å². The van der Waals surface area contributed by atoms with E-state index in [9.17, 15) is 21.6 Å². The quantitative estimate of drug-likeness (QED) is 0.695. The summed E-state index contributed by atoms with van der Waals surface area (Å²) in [7, 11) is -3.81. The van der Waals surface area contributed by atoms with Gasteiger partial charge in [-0.2, -0.15) is 0 Å². The van der Waals surface area contributed by atoms with Gasteiger partial charge in [0.1, 0.15) is 11.9 Å². The van der Waals surface area contributed by atoms with E-state index >= 15 is 0 Å². The highest BCUT2D eigenvalue weighted by atomic mass is 79.9. The van der Waals surface area contributed by atoms with E-state index in [1.165, 1.54) is 6.07 Å². The number of nitrogens with one attached hydrogen (secondary N) is 1. The summed E-state index contributed by atoms with van der Waals surface area (Å²) in [6.45, 7) is 0. The lowest BCUT2D eigenvalue weighted by Gasteiger charge is -2.28. The Hall–Kier alpha value is -1.06. The summed E-state index contributed by atoms with van der Waals surface area (Å²) < 4.78 is 70.4. The predicted molar refractivity (Wildman–Crippen MR) is 96.3 cm³/mol. The van der Waals surface area contributed by atoms with Crippen LogP contribution in [0.15, 0.2) is 22.8 Å². The molecule has 2 saturated carbocycles. The van der Waals surface area contributed by atoms with Gasteiger partial charge in [0.2, 0.25) is 10.0 Å². The molecule has 1 heterocycles. The Bertz CT molecular complexity index is 953. The molecule has 1 atom stereocenters. The van der Waals surface area contributed by atoms with Gasteiger partial charge >= 0.3 is 0 Å². The zero-order valence-corrected chi connectivity index (χ0v) is 16.2. The fraction of sp³-hybridized carbons (Fsp3) is 0.529. The number of benzene rings is 1. The SMILES string of the molecule is O=S(=O)(NC(c1cn(C2CCC2)c2cc(Br)c(F)cc12)C(F)F)C1CC1. The van der Waals surface area contributed by atoms with Crippen molar-refractivity contribution in [2.45, 2.75) is 55.9 Å². The van der Waals surface area contributed by atoms with E-state index in [-0.39, 0.29) is 16.1 Å². The van der Waals surface area contributed by atoms with Gasteiger partial charge in [-0.3, -0.25) is 0 Å². The first-order valence-electron chi connectivity index (χ1n) is 8.56. The van der Waals surface area contributed by atoms with Crippen molar-refractivity contribution in [3.8, 4) is 0 Å². The predicted octanol–water partition coefficient (Wildman–Crippen LogP) is 4.66. The molecule has 9 heteroatoms. The van der Waals surface area contributed by atoms with Crippen LogP contribution >= 0.6 is 15.9 Å². The summed E-state index contributed by atoms with van der Waals surface area (Å²) in [4.78, 5) is 0. The Balaban J connectivity index is 1.83. The van der Waals surface area contributed by atoms with Crippen molar-refractivity contribution in [3.63, 3.8) is 0 Å². The minimum atomic E-state index is -3.81. The minimum absolute atomic E-state index is 0.123. The molecule has 0 amide bonds. The van der Waals surface area contributed by atoms with Crippen LogP contribution in [0.5, 0.6) is 0 Å². The second kappa shape index (κ2) is 6.53. The number of alkyl halides is 2. The van der Waals surface area contributed by atoms with Crippen LogP contribution in [0, 0.1) is 5.82 Å². The van der Waals surface area contributed by atoms with Gasteiger partial charge in [0.05, 0.1) is 9.72 Å². The van der Waals surface area contributed by atoms with Gasteiger partial charge in [-0.25, -0.2) is 26.3 Å². The van der Waals surface area contributed by atoms with Crippen LogP contribution in [0.2, 0.25) is 0 Å². The molecule has 1 aromatic carbocycles. The Morgan fingerprint density at radius 3 is 2.42 bits per heavy atom. The fourth-order valence-electron chi connectivity index (χ4n) is 3.39. The third-order valence-corrected chi connectivity index (χ3v) is 7.75. The Morgan fingerprint density at radius 1 is 1.19 bits per heavy atom. The molecule has 2 aliphatic carbocycles. The summed E-state index contributed by atoms with van der Waals surface area (Å²) in [5.74, 6) is -0.567. The molecule has 2 fully saturated rings. The molecule has 1 unspecified atom stereocenters. The topological polar surface area (TPSA) is 51.1 Å². The molecule has 0 saturated heterocycles. The van der Waals surface area contributed by atoms with Gasteiger partial charge in [0.15, 0.2) is 0 Å². The molecule has 0 spiro atoms. The van der Waals surface area contributed by atoms with Gasteiger partial charge in [0, 0.05) is 28.7 Å². The molecule has 2 aromatic rings. The molecule has 0 radical (unpaired) electrons. The van der Waals surface area contributed by atoms with E-state index in [0.29, 0.717) is 23.7 Å². The molecule has 2 aliphatic rings. The zero-order valence-electron chi connectivity index (χ0n) is 13.8. The molecule has 4 nitrogen and oxygen atoms in total. The van der Waals surface area contributed by atoms with E-state index in [2.05, 4.69) is 20.7 Å². The first-order valence-corrected chi connectivity index (χ1v) is 10.9. The van der Waals surface area contributed by atoms with Gasteiger partial charge in [-0.15, -0.1) is 0 Å². The Kier molecular flexibility index (Phi) is 4.60. The molecule has 0 aliphatic heterocycles. The van der Waals surface area contributed by atoms with Crippen molar-refractivity contribution in [2.75, 3.05) is 0 Å². The van der Waals surface area contributed by atoms with Gasteiger partial charge in [-0.05, 0) is 60.2 Å². The van der Waals surface area contributed by atoms with Crippen molar-refractivity contribution in [3.05, 3.63) is 34.2 Å². The van der Waals surface area contributed by atoms with Crippen molar-refractivity contribution >= 4 is 36.9 Å². The van der Waals surface area contributed by atoms with Crippen LogP contribution in [0.3, 0.4) is 0 Å². The maximum Gasteiger partial charge on any atom is 0.258 e. The lowest BCUT2D eigenvalue weighted by Crippen LogP contribution is -2.35. The van der Waals surface area contributed by atoms with Crippen molar-refractivity contribution in [1.29, 1.82) is 0 Å². The molecule has 142 valence electrons. The summed E-state index contributed by atoms with van der Waals surface area (Å²) in [5, 5.41) is -0.281. The highest BCUT2D eigenvalue weighted by molar-refractivity contribution is 9.10. The largest absolute Gasteiger partial charge is 0.344 e. The highest BCUT2D eigenvalue weighted by Gasteiger charge is 2.40. The van der Waals surface area contributed by atoms with E-state index in [4.69, 9.17) is 0 Å². The molecule has 1 N–H and O–H groups in total. The average Bonchev–Trinajstić information content (AvgIpc) is 3.31. The van der Waals surface area contributed by atoms with E-state index in [1.54, 1.807) is 12.3 Å². The number of halogens is 4. The number of rotatable bonds is 6. The van der Waals surface area contributed by atoms with E-state index < -0.39 is 33.6 Å². The van der Waals surface area contributed by atoms with Crippen LogP contribution in [0.1, 0.15) is 49.8 Å². The number of hydrogen-bond acceptors (Lipinski definition) is 2. The normalized spacial score (nSPS) is 19.9. The monoisotopic (exact) mass is 450 g/mol. The number of aromatic nitrogens is 1. The van der Waals surface area contributed by atoms with E-state index in [0.717, 1.165) is 19.3 Å². The third-order valence-electron chi connectivity index (χ3n) is 5.22. The van der Waals surface area contributed by atoms with Crippen LogP contribution in [-0.4, -0.2) is 24.7 Å². The second-order valence-electron chi connectivity index (χ2n) is 7.03. The lowest BCUT2D eigenvalue weighted by molar-refractivity contribution is 0.109. The molecule has 26 heavy (non-hydrogen) atoms. The molecular formula is C17H18BrF3N2O2S. The summed E-state index contributed by atoms with van der Waals surface area (Å²) in [6.07, 6.45) is 2.49. The summed E-state index contributed by atoms with van der Waals surface area (Å²) >= 11 is 3.14. The first-order chi connectivity index (χ1) is 12.3. The zero-order chi connectivity index (χ0) is 18.6. The van der Waals surface area contributed by atoms with Gasteiger partial charge < -0.3 is 4.57 Å². The maximum atomic E-state index is 14.1. The van der Waals surface area contributed by atoms with Crippen LogP contribution in [-0.2, 0) is 10.0 Å². The highest BCUT2D eigenvalue weighted by Crippen LogP contribution is 2.40. The van der Waals surface area contributed by atoms with E-state index in [1.807, 2.05) is 4.57 Å². The van der Waals surface area contributed by atoms with Crippen LogP contribution in [0.25, 0.3) is 10.9 Å². The van der Waals surface area contributed by atoms with Crippen LogP contribution in [0.4, 0.5) is 13.2 Å². The van der Waals surface area contributed by atoms with Gasteiger partial charge in [-0.1, -0.05) is 0 Å². The Morgan fingerprint density at radius 2 is 1.88 bits per heavy atom. The summed E-state index contributed by atoms with van der Waals surface area (Å²) in [6, 6.07) is 1.25. The second-order valence-corrected chi connectivity index (χ2v) is 9.88. The number of fused-ring (bicyclic) bond motifs is 1. The molecule has 4 rings (SSSR count).